The second-order valence-corrected chi connectivity index (χ2v) is 6.02. The van der Waals surface area contributed by atoms with Gasteiger partial charge < -0.3 is 10.2 Å². The first kappa shape index (κ1) is 18.2. The van der Waals surface area contributed by atoms with Crippen molar-refractivity contribution in [3.63, 3.8) is 0 Å². The maximum absolute atomic E-state index is 11.8. The van der Waals surface area contributed by atoms with Crippen LogP contribution in [0.25, 0.3) is 0 Å². The lowest BCUT2D eigenvalue weighted by atomic mass is 10.1. The Labute approximate surface area is 133 Å². The predicted octanol–water partition coefficient (Wildman–Crippen LogP) is 2.63. The number of nitrogens with one attached hydrogen (secondary N) is 1. The third-order valence-corrected chi connectivity index (χ3v) is 3.61. The molecule has 2 amide bonds. The molecular weight excluding hydrogens is 276 g/mol. The van der Waals surface area contributed by atoms with Crippen molar-refractivity contribution in [2.75, 3.05) is 19.6 Å². The third-order valence-electron chi connectivity index (χ3n) is 3.61. The van der Waals surface area contributed by atoms with Crippen LogP contribution in [0.1, 0.15) is 39.2 Å². The maximum atomic E-state index is 11.8. The quantitative estimate of drug-likeness (QED) is 0.762. The van der Waals surface area contributed by atoms with Crippen molar-refractivity contribution in [2.45, 2.75) is 40.0 Å². The smallest absolute Gasteiger partial charge is 0.220 e. The van der Waals surface area contributed by atoms with Gasteiger partial charge in [-0.1, -0.05) is 44.2 Å². The molecule has 0 unspecified atom stereocenters. The number of nitrogens with zero attached hydrogens (tertiary/aromatic N) is 1. The summed E-state index contributed by atoms with van der Waals surface area (Å²) in [6.45, 7) is 7.72. The highest BCUT2D eigenvalue weighted by atomic mass is 16.2. The summed E-state index contributed by atoms with van der Waals surface area (Å²) in [5.74, 6) is 0.678. The highest BCUT2D eigenvalue weighted by molar-refractivity contribution is 5.76. The Bertz CT molecular complexity index is 457. The van der Waals surface area contributed by atoms with Gasteiger partial charge in [0.15, 0.2) is 0 Å². The molecule has 0 saturated carbocycles. The van der Waals surface area contributed by atoms with Gasteiger partial charge in [0.25, 0.3) is 0 Å². The molecule has 0 atom stereocenters. The largest absolute Gasteiger partial charge is 0.354 e. The number of hydrogen-bond donors (Lipinski definition) is 1. The van der Waals surface area contributed by atoms with Crippen LogP contribution in [0, 0.1) is 5.92 Å². The summed E-state index contributed by atoms with van der Waals surface area (Å²) in [7, 11) is 0. The van der Waals surface area contributed by atoms with Crippen LogP contribution in [0.4, 0.5) is 0 Å². The molecule has 0 aromatic heterocycles. The molecular formula is C18H28N2O2. The number of benzene rings is 1. The zero-order valence-electron chi connectivity index (χ0n) is 14.0. The average Bonchev–Trinajstić information content (AvgIpc) is 2.49. The summed E-state index contributed by atoms with van der Waals surface area (Å²) in [5.41, 5.74) is 1.17. The summed E-state index contributed by atoms with van der Waals surface area (Å²) in [6, 6.07) is 9.98. The third kappa shape index (κ3) is 7.81. The topological polar surface area (TPSA) is 49.4 Å². The fourth-order valence-electron chi connectivity index (χ4n) is 2.16. The van der Waals surface area contributed by atoms with Crippen LogP contribution in [0.15, 0.2) is 30.3 Å². The van der Waals surface area contributed by atoms with Crippen molar-refractivity contribution >= 4 is 11.8 Å². The van der Waals surface area contributed by atoms with Crippen molar-refractivity contribution in [1.29, 1.82) is 0 Å². The van der Waals surface area contributed by atoms with Crippen LogP contribution >= 0.6 is 0 Å². The molecule has 1 aromatic rings. The molecule has 22 heavy (non-hydrogen) atoms. The molecule has 1 aromatic carbocycles. The minimum atomic E-state index is 0.0382. The zero-order chi connectivity index (χ0) is 16.4. The molecule has 1 rings (SSSR count). The van der Waals surface area contributed by atoms with Gasteiger partial charge in [0.05, 0.1) is 0 Å². The average molecular weight is 304 g/mol. The number of carbonyl (C=O) groups is 2. The lowest BCUT2D eigenvalue weighted by molar-refractivity contribution is -0.129. The molecule has 1 N–H and O–H groups in total. The zero-order valence-corrected chi connectivity index (χ0v) is 14.0. The van der Waals surface area contributed by atoms with Gasteiger partial charge in [-0.25, -0.2) is 0 Å². The molecule has 0 aliphatic heterocycles. The van der Waals surface area contributed by atoms with E-state index in [4.69, 9.17) is 0 Å². The first-order valence-electron chi connectivity index (χ1n) is 8.05. The summed E-state index contributed by atoms with van der Waals surface area (Å²) in [4.78, 5) is 25.2. The number of carbonyl (C=O) groups excluding carboxylic acids is 2. The van der Waals surface area contributed by atoms with Crippen molar-refractivity contribution in [2.24, 2.45) is 5.92 Å². The van der Waals surface area contributed by atoms with Gasteiger partial charge in [-0.05, 0) is 24.3 Å². The normalized spacial score (nSPS) is 10.5. The van der Waals surface area contributed by atoms with E-state index in [0.717, 1.165) is 19.4 Å². The lowest BCUT2D eigenvalue weighted by Gasteiger charge is -2.22. The van der Waals surface area contributed by atoms with E-state index < -0.39 is 0 Å². The van der Waals surface area contributed by atoms with Crippen molar-refractivity contribution in [1.82, 2.24) is 10.2 Å². The van der Waals surface area contributed by atoms with Gasteiger partial charge >= 0.3 is 0 Å². The molecule has 0 spiro atoms. The number of rotatable bonds is 9. The van der Waals surface area contributed by atoms with Crippen LogP contribution in [0.5, 0.6) is 0 Å². The first-order valence-corrected chi connectivity index (χ1v) is 8.05. The SMILES string of the molecule is CC(=O)N(CCNC(=O)CCc1ccccc1)CCC(C)C. The maximum Gasteiger partial charge on any atom is 0.220 e. The van der Waals surface area contributed by atoms with Crippen molar-refractivity contribution in [3.8, 4) is 0 Å². The predicted molar refractivity (Wildman–Crippen MR) is 89.5 cm³/mol. The van der Waals surface area contributed by atoms with Crippen molar-refractivity contribution in [3.05, 3.63) is 35.9 Å². The van der Waals surface area contributed by atoms with Gasteiger partial charge in [-0.15, -0.1) is 0 Å². The summed E-state index contributed by atoms with van der Waals surface area (Å²) >= 11 is 0. The molecule has 0 aliphatic rings. The Morgan fingerprint density at radius 2 is 1.82 bits per heavy atom. The van der Waals surface area contributed by atoms with E-state index in [-0.39, 0.29) is 11.8 Å². The molecule has 122 valence electrons. The first-order chi connectivity index (χ1) is 10.5. The summed E-state index contributed by atoms with van der Waals surface area (Å²) in [5, 5.41) is 2.89. The fourth-order valence-corrected chi connectivity index (χ4v) is 2.16. The van der Waals surface area contributed by atoms with Crippen LogP contribution < -0.4 is 5.32 Å². The molecule has 0 heterocycles. The van der Waals surface area contributed by atoms with Gasteiger partial charge in [-0.3, -0.25) is 9.59 Å². The summed E-state index contributed by atoms with van der Waals surface area (Å²) < 4.78 is 0. The number of aryl methyl sites for hydroxylation is 1. The van der Waals surface area contributed by atoms with E-state index in [0.29, 0.717) is 25.4 Å². The minimum Gasteiger partial charge on any atom is -0.354 e. The second kappa shape index (κ2) is 9.98. The number of hydrogen-bond acceptors (Lipinski definition) is 2. The standard InChI is InChI=1S/C18H28N2O2/c1-15(2)11-13-20(16(3)21)14-12-19-18(22)10-9-17-7-5-4-6-8-17/h4-8,15H,9-14H2,1-3H3,(H,19,22). The fraction of sp³-hybridized carbons (Fsp3) is 0.556. The van der Waals surface area contributed by atoms with Crippen LogP contribution in [0.3, 0.4) is 0 Å². The van der Waals surface area contributed by atoms with Gasteiger partial charge in [0, 0.05) is 33.0 Å². The molecule has 0 radical (unpaired) electrons. The minimum absolute atomic E-state index is 0.0382. The Balaban J connectivity index is 2.23. The van der Waals surface area contributed by atoms with E-state index >= 15 is 0 Å². The Hall–Kier alpha value is -1.84. The van der Waals surface area contributed by atoms with E-state index in [9.17, 15) is 9.59 Å². The van der Waals surface area contributed by atoms with E-state index in [1.54, 1.807) is 11.8 Å². The summed E-state index contributed by atoms with van der Waals surface area (Å²) in [6.07, 6.45) is 2.22. The highest BCUT2D eigenvalue weighted by Crippen LogP contribution is 2.03. The van der Waals surface area contributed by atoms with E-state index in [1.807, 2.05) is 30.3 Å². The molecule has 0 bridgehead atoms. The van der Waals surface area contributed by atoms with E-state index in [1.165, 1.54) is 5.56 Å². The Morgan fingerprint density at radius 1 is 1.14 bits per heavy atom. The molecule has 0 fully saturated rings. The second-order valence-electron chi connectivity index (χ2n) is 6.02. The highest BCUT2D eigenvalue weighted by Gasteiger charge is 2.09. The molecule has 0 saturated heterocycles. The number of amides is 2. The van der Waals surface area contributed by atoms with Crippen LogP contribution in [-0.4, -0.2) is 36.3 Å². The van der Waals surface area contributed by atoms with Gasteiger partial charge in [0.2, 0.25) is 11.8 Å². The van der Waals surface area contributed by atoms with E-state index in [2.05, 4.69) is 19.2 Å². The van der Waals surface area contributed by atoms with Gasteiger partial charge in [0.1, 0.15) is 0 Å². The lowest BCUT2D eigenvalue weighted by Crippen LogP contribution is -2.38. The Morgan fingerprint density at radius 3 is 2.41 bits per heavy atom. The van der Waals surface area contributed by atoms with Crippen molar-refractivity contribution < 1.29 is 9.59 Å². The molecule has 4 nitrogen and oxygen atoms in total. The monoisotopic (exact) mass is 304 g/mol. The van der Waals surface area contributed by atoms with Crippen LogP contribution in [0.2, 0.25) is 0 Å². The molecule has 0 aliphatic carbocycles. The van der Waals surface area contributed by atoms with Crippen LogP contribution in [-0.2, 0) is 16.0 Å². The molecule has 4 heteroatoms. The Kier molecular flexibility index (Phi) is 8.26. The van der Waals surface area contributed by atoms with Gasteiger partial charge in [-0.2, -0.15) is 0 Å².